The van der Waals surface area contributed by atoms with E-state index in [1.165, 1.54) is 0 Å². The van der Waals surface area contributed by atoms with E-state index in [0.29, 0.717) is 6.00 Å². The second-order valence-electron chi connectivity index (χ2n) is 2.29. The molecule has 1 rings (SSSR count). The smallest absolute Gasteiger partial charge is 0.0925 e. The first-order chi connectivity index (χ1) is 5.24. The second kappa shape index (κ2) is 3.98. The maximum Gasteiger partial charge on any atom is 0.0925 e. The van der Waals surface area contributed by atoms with Gasteiger partial charge in [0.25, 0.3) is 0 Å². The fraction of sp³-hybridized carbons (Fsp3) is 0.250. The van der Waals surface area contributed by atoms with Crippen LogP contribution in [-0.2, 0) is 0 Å². The normalized spacial score (nSPS) is 9.73. The monoisotopic (exact) mass is 233 g/mol. The minimum atomic E-state index is 0.516. The number of rotatable bonds is 2. The van der Waals surface area contributed by atoms with Gasteiger partial charge < -0.3 is 4.90 Å². The summed E-state index contributed by atoms with van der Waals surface area (Å²) in [7, 11) is 1.95. The Labute approximate surface area is 80.1 Å². The van der Waals surface area contributed by atoms with Crippen molar-refractivity contribution in [3.05, 3.63) is 28.7 Å². The zero-order chi connectivity index (χ0) is 8.27. The molecule has 0 aliphatic rings. The van der Waals surface area contributed by atoms with Crippen LogP contribution < -0.4 is 4.90 Å². The molecule has 0 unspecified atom stereocenters. The largest absolute Gasteiger partial charge is 0.361 e. The van der Waals surface area contributed by atoms with E-state index in [1.807, 2.05) is 36.2 Å². The Morgan fingerprint density at radius 2 is 1.91 bits per heavy atom. The summed E-state index contributed by atoms with van der Waals surface area (Å²) in [4.78, 5) is 1.97. The van der Waals surface area contributed by atoms with Gasteiger partial charge in [0.1, 0.15) is 0 Å². The molecular weight excluding hydrogens is 225 g/mol. The van der Waals surface area contributed by atoms with E-state index in [-0.39, 0.29) is 0 Å². The Bertz CT molecular complexity index is 222. The number of nitrogens with zero attached hydrogens (tertiary/aromatic N) is 1. The highest BCUT2D eigenvalue weighted by atomic mass is 79.9. The Balaban J connectivity index is 2.81. The fourth-order valence-electron chi connectivity index (χ4n) is 0.765. The van der Waals surface area contributed by atoms with Crippen LogP contribution >= 0.6 is 27.5 Å². The molecular formula is C8H9BrClN. The summed E-state index contributed by atoms with van der Waals surface area (Å²) >= 11 is 9.01. The molecule has 60 valence electrons. The van der Waals surface area contributed by atoms with Crippen LogP contribution in [0.3, 0.4) is 0 Å². The second-order valence-corrected chi connectivity index (χ2v) is 3.45. The molecule has 0 heterocycles. The molecule has 0 saturated carbocycles. The van der Waals surface area contributed by atoms with Crippen LogP contribution in [0.1, 0.15) is 0 Å². The number of hydrogen-bond acceptors (Lipinski definition) is 1. The Morgan fingerprint density at radius 1 is 1.36 bits per heavy atom. The molecule has 0 radical (unpaired) electrons. The van der Waals surface area contributed by atoms with Crippen molar-refractivity contribution in [2.75, 3.05) is 18.0 Å². The standard InChI is InChI=1S/C8H9BrClN/c1-11(6-10)8-4-2-7(9)3-5-8/h2-5H,6H2,1H3. The molecule has 0 aliphatic heterocycles. The van der Waals surface area contributed by atoms with Crippen LogP contribution in [0.25, 0.3) is 0 Å². The fourth-order valence-corrected chi connectivity index (χ4v) is 1.17. The summed E-state index contributed by atoms with van der Waals surface area (Å²) in [6, 6.07) is 8.55. The summed E-state index contributed by atoms with van der Waals surface area (Å²) in [5.41, 5.74) is 1.13. The van der Waals surface area contributed by atoms with Crippen molar-refractivity contribution in [1.82, 2.24) is 0 Å². The Hall–Kier alpha value is -0.210. The average molecular weight is 235 g/mol. The van der Waals surface area contributed by atoms with Gasteiger partial charge in [0.05, 0.1) is 6.00 Å². The molecule has 0 saturated heterocycles. The molecule has 0 aromatic heterocycles. The number of benzene rings is 1. The molecule has 0 fully saturated rings. The summed E-state index contributed by atoms with van der Waals surface area (Å²) in [5.74, 6) is 0. The van der Waals surface area contributed by atoms with E-state index < -0.39 is 0 Å². The van der Waals surface area contributed by atoms with Crippen molar-refractivity contribution in [1.29, 1.82) is 0 Å². The predicted molar refractivity (Wildman–Crippen MR) is 53.3 cm³/mol. The van der Waals surface area contributed by atoms with Gasteiger partial charge in [0, 0.05) is 17.2 Å². The SMILES string of the molecule is CN(CCl)c1ccc(Br)cc1. The van der Waals surface area contributed by atoms with Gasteiger partial charge in [-0.3, -0.25) is 0 Å². The summed E-state index contributed by atoms with van der Waals surface area (Å²) < 4.78 is 1.09. The Morgan fingerprint density at radius 3 is 2.36 bits per heavy atom. The van der Waals surface area contributed by atoms with Gasteiger partial charge in [-0.15, -0.1) is 11.6 Å². The molecule has 0 N–H and O–H groups in total. The predicted octanol–water partition coefficient (Wildman–Crippen LogP) is 3.08. The summed E-state index contributed by atoms with van der Waals surface area (Å²) in [5, 5.41) is 0. The van der Waals surface area contributed by atoms with Crippen molar-refractivity contribution in [3.63, 3.8) is 0 Å². The van der Waals surface area contributed by atoms with E-state index in [4.69, 9.17) is 11.6 Å². The van der Waals surface area contributed by atoms with Crippen molar-refractivity contribution in [2.45, 2.75) is 0 Å². The van der Waals surface area contributed by atoms with Gasteiger partial charge in [-0.25, -0.2) is 0 Å². The van der Waals surface area contributed by atoms with Gasteiger partial charge in [-0.2, -0.15) is 0 Å². The lowest BCUT2D eigenvalue weighted by Gasteiger charge is -2.14. The zero-order valence-electron chi connectivity index (χ0n) is 6.22. The number of halogens is 2. The Kier molecular flexibility index (Phi) is 3.21. The number of hydrogen-bond donors (Lipinski definition) is 0. The van der Waals surface area contributed by atoms with Gasteiger partial charge in [0.15, 0.2) is 0 Å². The zero-order valence-corrected chi connectivity index (χ0v) is 8.56. The molecule has 0 spiro atoms. The third-order valence-corrected chi connectivity index (χ3v) is 2.33. The lowest BCUT2D eigenvalue weighted by Crippen LogP contribution is -2.13. The minimum Gasteiger partial charge on any atom is -0.361 e. The lowest BCUT2D eigenvalue weighted by molar-refractivity contribution is 1.09. The van der Waals surface area contributed by atoms with Crippen molar-refractivity contribution >= 4 is 33.2 Å². The average Bonchev–Trinajstić information content (AvgIpc) is 2.05. The topological polar surface area (TPSA) is 3.24 Å². The van der Waals surface area contributed by atoms with Crippen LogP contribution in [0.2, 0.25) is 0 Å². The number of anilines is 1. The summed E-state index contributed by atoms with van der Waals surface area (Å²) in [6.45, 7) is 0. The van der Waals surface area contributed by atoms with Crippen LogP contribution in [0.15, 0.2) is 28.7 Å². The molecule has 1 aromatic rings. The molecule has 11 heavy (non-hydrogen) atoms. The van der Waals surface area contributed by atoms with E-state index in [1.54, 1.807) is 0 Å². The van der Waals surface area contributed by atoms with Crippen LogP contribution in [0, 0.1) is 0 Å². The lowest BCUT2D eigenvalue weighted by atomic mass is 10.3. The van der Waals surface area contributed by atoms with Gasteiger partial charge >= 0.3 is 0 Å². The van der Waals surface area contributed by atoms with Crippen LogP contribution in [-0.4, -0.2) is 13.1 Å². The van der Waals surface area contributed by atoms with Crippen molar-refractivity contribution in [3.8, 4) is 0 Å². The summed E-state index contributed by atoms with van der Waals surface area (Å²) in [6.07, 6.45) is 0. The van der Waals surface area contributed by atoms with E-state index in [0.717, 1.165) is 10.2 Å². The molecule has 3 heteroatoms. The molecule has 0 amide bonds. The third kappa shape index (κ3) is 2.38. The number of alkyl halides is 1. The third-order valence-electron chi connectivity index (χ3n) is 1.45. The molecule has 0 aliphatic carbocycles. The first-order valence-electron chi connectivity index (χ1n) is 3.26. The van der Waals surface area contributed by atoms with E-state index in [9.17, 15) is 0 Å². The maximum atomic E-state index is 5.64. The van der Waals surface area contributed by atoms with Crippen LogP contribution in [0.4, 0.5) is 5.69 Å². The van der Waals surface area contributed by atoms with Gasteiger partial charge in [-0.05, 0) is 24.3 Å². The highest BCUT2D eigenvalue weighted by Gasteiger charge is 1.96. The highest BCUT2D eigenvalue weighted by molar-refractivity contribution is 9.10. The quantitative estimate of drug-likeness (QED) is 0.561. The molecule has 1 nitrogen and oxygen atoms in total. The first kappa shape index (κ1) is 8.88. The van der Waals surface area contributed by atoms with E-state index in [2.05, 4.69) is 15.9 Å². The molecule has 1 aromatic carbocycles. The highest BCUT2D eigenvalue weighted by Crippen LogP contribution is 2.17. The van der Waals surface area contributed by atoms with Crippen molar-refractivity contribution in [2.24, 2.45) is 0 Å². The van der Waals surface area contributed by atoms with Crippen molar-refractivity contribution < 1.29 is 0 Å². The van der Waals surface area contributed by atoms with Crippen LogP contribution in [0.5, 0.6) is 0 Å². The maximum absolute atomic E-state index is 5.64. The first-order valence-corrected chi connectivity index (χ1v) is 4.59. The molecule has 0 bridgehead atoms. The van der Waals surface area contributed by atoms with Gasteiger partial charge in [-0.1, -0.05) is 15.9 Å². The minimum absolute atomic E-state index is 0.516. The molecule has 0 atom stereocenters. The van der Waals surface area contributed by atoms with E-state index >= 15 is 0 Å². The van der Waals surface area contributed by atoms with Gasteiger partial charge in [0.2, 0.25) is 0 Å².